The molecular formula is C11H6F3NOS. The smallest absolute Gasteiger partial charge is 0.298 e. The van der Waals surface area contributed by atoms with Crippen LogP contribution in [0.3, 0.4) is 0 Å². The molecule has 0 fully saturated rings. The van der Waals surface area contributed by atoms with Crippen molar-refractivity contribution in [2.75, 3.05) is 0 Å². The maximum absolute atomic E-state index is 12.3. The third-order valence-electron chi connectivity index (χ3n) is 2.21. The zero-order valence-electron chi connectivity index (χ0n) is 8.36. The summed E-state index contributed by atoms with van der Waals surface area (Å²) in [4.78, 5) is 10.7. The Balaban J connectivity index is 2.39. The van der Waals surface area contributed by atoms with Crippen molar-refractivity contribution >= 4 is 17.8 Å². The van der Waals surface area contributed by atoms with Crippen molar-refractivity contribution in [3.8, 4) is 11.3 Å². The fourth-order valence-electron chi connectivity index (χ4n) is 1.36. The Hall–Kier alpha value is -1.69. The average molecular weight is 257 g/mol. The van der Waals surface area contributed by atoms with Gasteiger partial charge in [-0.25, -0.2) is 0 Å². The fourth-order valence-corrected chi connectivity index (χ4v) is 2.01. The lowest BCUT2D eigenvalue weighted by molar-refractivity contribution is -0.137. The number of carbonyl (C=O) groups is 1. The van der Waals surface area contributed by atoms with E-state index >= 15 is 0 Å². The Labute approximate surface area is 98.9 Å². The molecule has 1 aromatic heterocycles. The number of hydrogen-bond donors (Lipinski definition) is 0. The standard InChI is InChI=1S/C11H6F3NOS/c12-11(13,14)9-3-1-7(2-4-9)10-8(5-16)6-17-15-10/h1-6H. The number of nitrogens with zero attached hydrogens (tertiary/aromatic N) is 1. The van der Waals surface area contributed by atoms with Crippen LogP contribution in [0, 0.1) is 0 Å². The molecule has 1 aromatic carbocycles. The number of hydrogen-bond acceptors (Lipinski definition) is 3. The largest absolute Gasteiger partial charge is 0.416 e. The third-order valence-corrected chi connectivity index (χ3v) is 2.86. The van der Waals surface area contributed by atoms with Crippen LogP contribution in [0.5, 0.6) is 0 Å². The highest BCUT2D eigenvalue weighted by atomic mass is 32.1. The Morgan fingerprint density at radius 2 is 1.82 bits per heavy atom. The first-order valence-electron chi connectivity index (χ1n) is 4.59. The Kier molecular flexibility index (Phi) is 2.97. The van der Waals surface area contributed by atoms with E-state index in [1.807, 2.05) is 0 Å². The summed E-state index contributed by atoms with van der Waals surface area (Å²) in [6.07, 6.45) is -3.72. The first-order valence-corrected chi connectivity index (χ1v) is 5.43. The third kappa shape index (κ3) is 2.36. The van der Waals surface area contributed by atoms with Crippen molar-refractivity contribution in [1.29, 1.82) is 0 Å². The maximum Gasteiger partial charge on any atom is 0.416 e. The summed E-state index contributed by atoms with van der Waals surface area (Å²) in [5.41, 5.74) is 0.582. The molecular weight excluding hydrogens is 251 g/mol. The van der Waals surface area contributed by atoms with Gasteiger partial charge in [0, 0.05) is 10.9 Å². The molecule has 88 valence electrons. The van der Waals surface area contributed by atoms with Crippen LogP contribution < -0.4 is 0 Å². The second kappa shape index (κ2) is 4.29. The number of alkyl halides is 3. The Morgan fingerprint density at radius 1 is 1.18 bits per heavy atom. The topological polar surface area (TPSA) is 30.0 Å². The highest BCUT2D eigenvalue weighted by molar-refractivity contribution is 7.04. The van der Waals surface area contributed by atoms with Crippen LogP contribution in [-0.2, 0) is 6.18 Å². The summed E-state index contributed by atoms with van der Waals surface area (Å²) in [6.45, 7) is 0. The molecule has 0 amide bonds. The van der Waals surface area contributed by atoms with Gasteiger partial charge in [-0.1, -0.05) is 12.1 Å². The number of rotatable bonds is 2. The van der Waals surface area contributed by atoms with Crippen LogP contribution in [0.25, 0.3) is 11.3 Å². The van der Waals surface area contributed by atoms with Crippen LogP contribution in [0.4, 0.5) is 13.2 Å². The molecule has 0 N–H and O–H groups in total. The van der Waals surface area contributed by atoms with Crippen LogP contribution in [0.15, 0.2) is 29.6 Å². The van der Waals surface area contributed by atoms with E-state index in [0.717, 1.165) is 23.7 Å². The zero-order valence-corrected chi connectivity index (χ0v) is 9.18. The Bertz CT molecular complexity index is 530. The number of benzene rings is 1. The summed E-state index contributed by atoms with van der Waals surface area (Å²) < 4.78 is 41.0. The molecule has 2 nitrogen and oxygen atoms in total. The van der Waals surface area contributed by atoms with Crippen molar-refractivity contribution in [3.05, 3.63) is 40.8 Å². The molecule has 6 heteroatoms. The van der Waals surface area contributed by atoms with Crippen molar-refractivity contribution < 1.29 is 18.0 Å². The van der Waals surface area contributed by atoms with Gasteiger partial charge in [0.2, 0.25) is 0 Å². The minimum Gasteiger partial charge on any atom is -0.298 e. The number of halogens is 3. The maximum atomic E-state index is 12.3. The molecule has 2 rings (SSSR count). The summed E-state index contributed by atoms with van der Waals surface area (Å²) >= 11 is 1.09. The summed E-state index contributed by atoms with van der Waals surface area (Å²) in [5, 5.41) is 1.56. The predicted octanol–water partition coefficient (Wildman–Crippen LogP) is 3.64. The molecule has 0 unspecified atom stereocenters. The van der Waals surface area contributed by atoms with Crippen molar-refractivity contribution in [1.82, 2.24) is 4.37 Å². The predicted molar refractivity (Wildman–Crippen MR) is 57.9 cm³/mol. The van der Waals surface area contributed by atoms with E-state index in [2.05, 4.69) is 4.37 Å². The molecule has 2 aromatic rings. The van der Waals surface area contributed by atoms with Crippen LogP contribution in [-0.4, -0.2) is 10.7 Å². The van der Waals surface area contributed by atoms with Gasteiger partial charge in [-0.15, -0.1) is 0 Å². The Morgan fingerprint density at radius 3 is 2.35 bits per heavy atom. The van der Waals surface area contributed by atoms with Gasteiger partial charge in [0.25, 0.3) is 0 Å². The second-order valence-electron chi connectivity index (χ2n) is 3.31. The van der Waals surface area contributed by atoms with Gasteiger partial charge >= 0.3 is 6.18 Å². The van der Waals surface area contributed by atoms with E-state index in [1.165, 1.54) is 12.1 Å². The van der Waals surface area contributed by atoms with Gasteiger partial charge in [-0.3, -0.25) is 4.79 Å². The van der Waals surface area contributed by atoms with Crippen LogP contribution in [0.1, 0.15) is 15.9 Å². The molecule has 17 heavy (non-hydrogen) atoms. The average Bonchev–Trinajstić information content (AvgIpc) is 2.76. The lowest BCUT2D eigenvalue weighted by Crippen LogP contribution is -2.04. The van der Waals surface area contributed by atoms with Crippen LogP contribution >= 0.6 is 11.5 Å². The number of aldehydes is 1. The minimum absolute atomic E-state index is 0.384. The molecule has 0 saturated heterocycles. The highest BCUT2D eigenvalue weighted by Crippen LogP contribution is 2.31. The van der Waals surface area contributed by atoms with E-state index in [-0.39, 0.29) is 0 Å². The molecule has 0 aliphatic carbocycles. The van der Waals surface area contributed by atoms with Crippen molar-refractivity contribution in [2.45, 2.75) is 6.18 Å². The first-order chi connectivity index (χ1) is 8.02. The van der Waals surface area contributed by atoms with E-state index in [9.17, 15) is 18.0 Å². The van der Waals surface area contributed by atoms with Gasteiger partial charge in [0.05, 0.1) is 16.8 Å². The summed E-state index contributed by atoms with van der Waals surface area (Å²) in [6, 6.07) is 4.57. The molecule has 0 atom stereocenters. The second-order valence-corrected chi connectivity index (χ2v) is 3.94. The van der Waals surface area contributed by atoms with E-state index in [0.29, 0.717) is 23.1 Å². The molecule has 0 radical (unpaired) electrons. The molecule has 0 saturated carbocycles. The van der Waals surface area contributed by atoms with Gasteiger partial charge in [-0.2, -0.15) is 17.5 Å². The van der Waals surface area contributed by atoms with Gasteiger partial charge in [-0.05, 0) is 23.7 Å². The zero-order chi connectivity index (χ0) is 12.5. The van der Waals surface area contributed by atoms with Crippen LogP contribution in [0.2, 0.25) is 0 Å². The van der Waals surface area contributed by atoms with E-state index in [4.69, 9.17) is 0 Å². The molecule has 1 heterocycles. The monoisotopic (exact) mass is 257 g/mol. The fraction of sp³-hybridized carbons (Fsp3) is 0.0909. The SMILES string of the molecule is O=Cc1csnc1-c1ccc(C(F)(F)F)cc1. The molecule has 0 bridgehead atoms. The van der Waals surface area contributed by atoms with E-state index < -0.39 is 11.7 Å². The minimum atomic E-state index is -4.35. The van der Waals surface area contributed by atoms with Gasteiger partial charge in [0.1, 0.15) is 0 Å². The number of carbonyl (C=O) groups excluding carboxylic acids is 1. The summed E-state index contributed by atoms with van der Waals surface area (Å²) in [7, 11) is 0. The highest BCUT2D eigenvalue weighted by Gasteiger charge is 2.30. The summed E-state index contributed by atoms with van der Waals surface area (Å²) in [5.74, 6) is 0. The number of aromatic nitrogens is 1. The quantitative estimate of drug-likeness (QED) is 0.769. The lowest BCUT2D eigenvalue weighted by atomic mass is 10.1. The van der Waals surface area contributed by atoms with Gasteiger partial charge in [0.15, 0.2) is 6.29 Å². The first kappa shape index (κ1) is 11.8. The normalized spacial score (nSPS) is 11.5. The lowest BCUT2D eigenvalue weighted by Gasteiger charge is -2.06. The van der Waals surface area contributed by atoms with E-state index in [1.54, 1.807) is 5.38 Å². The van der Waals surface area contributed by atoms with Gasteiger partial charge < -0.3 is 0 Å². The molecule has 0 aliphatic heterocycles. The van der Waals surface area contributed by atoms with Crippen molar-refractivity contribution in [3.63, 3.8) is 0 Å². The molecule has 0 spiro atoms. The molecule has 0 aliphatic rings. The van der Waals surface area contributed by atoms with Crippen molar-refractivity contribution in [2.24, 2.45) is 0 Å².